The van der Waals surface area contributed by atoms with Gasteiger partial charge in [0.25, 0.3) is 0 Å². The van der Waals surface area contributed by atoms with Crippen LogP contribution in [-0.4, -0.2) is 14.9 Å². The minimum Gasteiger partial charge on any atom is -0.418 e. The van der Waals surface area contributed by atoms with Crippen LogP contribution in [0, 0.1) is 0 Å². The van der Waals surface area contributed by atoms with Crippen LogP contribution < -0.4 is 0 Å². The Morgan fingerprint density at radius 2 is 0.833 bits per heavy atom. The van der Waals surface area contributed by atoms with Crippen molar-refractivity contribution in [3.63, 3.8) is 0 Å². The van der Waals surface area contributed by atoms with Crippen LogP contribution in [-0.2, 0) is 4.43 Å². The molecule has 0 heterocycles. The SMILES string of the molecule is CCCCCCCCCCCCCCCCCC[Si](C)(C)OCC. The fourth-order valence-corrected chi connectivity index (χ4v) is 5.59. The first-order valence-electron chi connectivity index (χ1n) is 11.3. The van der Waals surface area contributed by atoms with Gasteiger partial charge in [-0.3, -0.25) is 0 Å². The minimum absolute atomic E-state index is 0.901. The molecule has 0 aromatic carbocycles. The van der Waals surface area contributed by atoms with Gasteiger partial charge in [-0.25, -0.2) is 0 Å². The summed E-state index contributed by atoms with van der Waals surface area (Å²) >= 11 is 0. The van der Waals surface area contributed by atoms with Crippen molar-refractivity contribution in [1.29, 1.82) is 0 Å². The van der Waals surface area contributed by atoms with Gasteiger partial charge in [-0.15, -0.1) is 0 Å². The van der Waals surface area contributed by atoms with E-state index in [1.165, 1.54) is 109 Å². The second-order valence-electron chi connectivity index (χ2n) is 8.25. The molecular formula is C22H48OSi. The topological polar surface area (TPSA) is 9.23 Å². The Morgan fingerprint density at radius 1 is 0.500 bits per heavy atom. The van der Waals surface area contributed by atoms with Gasteiger partial charge < -0.3 is 4.43 Å². The summed E-state index contributed by atoms with van der Waals surface area (Å²) in [5.74, 6) is 0. The summed E-state index contributed by atoms with van der Waals surface area (Å²) in [6, 6.07) is 1.35. The highest BCUT2D eigenvalue weighted by Gasteiger charge is 2.20. The average molecular weight is 357 g/mol. The van der Waals surface area contributed by atoms with Crippen molar-refractivity contribution in [2.45, 2.75) is 136 Å². The second kappa shape index (κ2) is 18.0. The molecule has 0 saturated heterocycles. The van der Waals surface area contributed by atoms with E-state index in [1.54, 1.807) is 0 Å². The standard InChI is InChI=1S/C22H48OSi/c1-5-7-8-9-10-11-12-13-14-15-16-17-18-19-20-21-22-24(3,4)23-6-2/h5-22H2,1-4H3. The van der Waals surface area contributed by atoms with Crippen molar-refractivity contribution in [2.75, 3.05) is 6.61 Å². The van der Waals surface area contributed by atoms with E-state index in [0.29, 0.717) is 0 Å². The number of hydrogen-bond donors (Lipinski definition) is 0. The van der Waals surface area contributed by atoms with E-state index in [-0.39, 0.29) is 0 Å². The van der Waals surface area contributed by atoms with Crippen LogP contribution in [0.1, 0.15) is 117 Å². The van der Waals surface area contributed by atoms with Crippen molar-refractivity contribution in [1.82, 2.24) is 0 Å². The third-order valence-electron chi connectivity index (χ3n) is 5.17. The van der Waals surface area contributed by atoms with Crippen molar-refractivity contribution in [2.24, 2.45) is 0 Å². The maximum Gasteiger partial charge on any atom is 0.186 e. The van der Waals surface area contributed by atoms with Crippen molar-refractivity contribution in [3.8, 4) is 0 Å². The van der Waals surface area contributed by atoms with E-state index in [9.17, 15) is 0 Å². The molecule has 0 aliphatic heterocycles. The summed E-state index contributed by atoms with van der Waals surface area (Å²) in [5, 5.41) is 0. The van der Waals surface area contributed by atoms with Crippen LogP contribution in [0.15, 0.2) is 0 Å². The summed E-state index contributed by atoms with van der Waals surface area (Å²) in [7, 11) is -1.31. The quantitative estimate of drug-likeness (QED) is 0.166. The molecule has 0 unspecified atom stereocenters. The zero-order valence-corrected chi connectivity index (χ0v) is 18.6. The zero-order chi connectivity index (χ0) is 17.9. The molecule has 0 aromatic heterocycles. The highest BCUT2D eigenvalue weighted by Crippen LogP contribution is 2.18. The predicted octanol–water partition coefficient (Wildman–Crippen LogP) is 8.49. The Bertz CT molecular complexity index is 240. The fraction of sp³-hybridized carbons (Fsp3) is 1.00. The number of rotatable bonds is 19. The van der Waals surface area contributed by atoms with Gasteiger partial charge in [-0.2, -0.15) is 0 Å². The maximum absolute atomic E-state index is 5.89. The molecule has 24 heavy (non-hydrogen) atoms. The van der Waals surface area contributed by atoms with Gasteiger partial charge in [-0.05, 0) is 26.1 Å². The van der Waals surface area contributed by atoms with Crippen molar-refractivity contribution >= 4 is 8.32 Å². The largest absolute Gasteiger partial charge is 0.418 e. The molecule has 0 spiro atoms. The van der Waals surface area contributed by atoms with Crippen LogP contribution in [0.2, 0.25) is 19.1 Å². The summed E-state index contributed by atoms with van der Waals surface area (Å²) in [6.07, 6.45) is 23.2. The van der Waals surface area contributed by atoms with Gasteiger partial charge in [-0.1, -0.05) is 110 Å². The van der Waals surface area contributed by atoms with Gasteiger partial charge >= 0.3 is 0 Å². The maximum atomic E-state index is 5.89. The normalized spacial score (nSPS) is 12.0. The Morgan fingerprint density at radius 3 is 1.17 bits per heavy atom. The first-order valence-corrected chi connectivity index (χ1v) is 14.4. The summed E-state index contributed by atoms with van der Waals surface area (Å²) in [5.41, 5.74) is 0. The lowest BCUT2D eigenvalue weighted by atomic mass is 10.0. The molecular weight excluding hydrogens is 308 g/mol. The molecule has 0 N–H and O–H groups in total. The molecule has 0 radical (unpaired) electrons. The molecule has 0 saturated carbocycles. The van der Waals surface area contributed by atoms with Gasteiger partial charge in [0.2, 0.25) is 0 Å². The molecule has 0 atom stereocenters. The van der Waals surface area contributed by atoms with Gasteiger partial charge in [0, 0.05) is 6.61 Å². The number of hydrogen-bond acceptors (Lipinski definition) is 1. The van der Waals surface area contributed by atoms with Gasteiger partial charge in [0.1, 0.15) is 0 Å². The monoisotopic (exact) mass is 356 g/mol. The smallest absolute Gasteiger partial charge is 0.186 e. The van der Waals surface area contributed by atoms with Crippen LogP contribution in [0.4, 0.5) is 0 Å². The highest BCUT2D eigenvalue weighted by atomic mass is 28.4. The molecule has 0 aliphatic rings. The molecule has 2 heteroatoms. The molecule has 0 fully saturated rings. The Balaban J connectivity index is 3.10. The van der Waals surface area contributed by atoms with E-state index in [1.807, 2.05) is 0 Å². The molecule has 146 valence electrons. The van der Waals surface area contributed by atoms with Crippen LogP contribution in [0.5, 0.6) is 0 Å². The molecule has 0 rings (SSSR count). The van der Waals surface area contributed by atoms with Crippen LogP contribution >= 0.6 is 0 Å². The van der Waals surface area contributed by atoms with E-state index >= 15 is 0 Å². The lowest BCUT2D eigenvalue weighted by Crippen LogP contribution is -2.29. The van der Waals surface area contributed by atoms with Gasteiger partial charge in [0.05, 0.1) is 0 Å². The van der Waals surface area contributed by atoms with E-state index in [4.69, 9.17) is 4.43 Å². The second-order valence-corrected chi connectivity index (χ2v) is 12.6. The number of unbranched alkanes of at least 4 members (excludes halogenated alkanes) is 15. The van der Waals surface area contributed by atoms with E-state index < -0.39 is 8.32 Å². The molecule has 0 bridgehead atoms. The third kappa shape index (κ3) is 18.5. The summed E-state index contributed by atoms with van der Waals surface area (Å²) < 4.78 is 5.89. The van der Waals surface area contributed by atoms with E-state index in [2.05, 4.69) is 26.9 Å². The summed E-state index contributed by atoms with van der Waals surface area (Å²) in [4.78, 5) is 0. The minimum atomic E-state index is -1.31. The van der Waals surface area contributed by atoms with Crippen molar-refractivity contribution < 1.29 is 4.43 Å². The summed E-state index contributed by atoms with van der Waals surface area (Å²) in [6.45, 7) is 10.1. The third-order valence-corrected chi connectivity index (χ3v) is 7.80. The lowest BCUT2D eigenvalue weighted by Gasteiger charge is -2.21. The molecule has 0 aromatic rings. The Labute approximate surface area is 155 Å². The molecule has 1 nitrogen and oxygen atoms in total. The van der Waals surface area contributed by atoms with Gasteiger partial charge in [0.15, 0.2) is 8.32 Å². The van der Waals surface area contributed by atoms with E-state index in [0.717, 1.165) is 6.61 Å². The highest BCUT2D eigenvalue weighted by molar-refractivity contribution is 6.71. The fourth-order valence-electron chi connectivity index (χ4n) is 3.56. The van der Waals surface area contributed by atoms with Crippen LogP contribution in [0.3, 0.4) is 0 Å². The predicted molar refractivity (Wildman–Crippen MR) is 113 cm³/mol. The van der Waals surface area contributed by atoms with Crippen molar-refractivity contribution in [3.05, 3.63) is 0 Å². The first-order chi connectivity index (χ1) is 11.6. The zero-order valence-electron chi connectivity index (χ0n) is 17.6. The van der Waals surface area contributed by atoms with Crippen LogP contribution in [0.25, 0.3) is 0 Å². The lowest BCUT2D eigenvalue weighted by molar-refractivity contribution is 0.327. The Kier molecular flexibility index (Phi) is 18.1. The average Bonchev–Trinajstić information content (AvgIpc) is 2.54. The molecule has 0 amide bonds. The Hall–Kier alpha value is 0.177. The molecule has 0 aliphatic carbocycles. The first kappa shape index (κ1) is 24.2.